The number of ether oxygens (including phenoxy) is 2. The number of rotatable bonds is 1. The van der Waals surface area contributed by atoms with E-state index in [2.05, 4.69) is 28.1 Å². The van der Waals surface area contributed by atoms with Gasteiger partial charge < -0.3 is 19.6 Å². The number of nitrogens with one attached hydrogen (secondary N) is 1. The summed E-state index contributed by atoms with van der Waals surface area (Å²) in [6.45, 7) is 3.69. The number of aromatic nitrogens is 1. The monoisotopic (exact) mass is 368 g/mol. The van der Waals surface area contributed by atoms with Crippen LogP contribution in [0, 0.1) is 11.8 Å². The molecular formula is C21H24N2O4. The van der Waals surface area contributed by atoms with Crippen LogP contribution in [-0.2, 0) is 20.7 Å². The van der Waals surface area contributed by atoms with Gasteiger partial charge in [-0.15, -0.1) is 0 Å². The van der Waals surface area contributed by atoms with E-state index in [4.69, 9.17) is 9.47 Å². The lowest BCUT2D eigenvalue weighted by molar-refractivity contribution is -0.143. The Morgan fingerprint density at radius 2 is 2.19 bits per heavy atom. The van der Waals surface area contributed by atoms with Crippen molar-refractivity contribution < 1.29 is 19.4 Å². The van der Waals surface area contributed by atoms with Gasteiger partial charge in [-0.05, 0) is 25.0 Å². The summed E-state index contributed by atoms with van der Waals surface area (Å²) in [7, 11) is 1.37. The summed E-state index contributed by atoms with van der Waals surface area (Å²) in [5, 5.41) is 12.7. The molecule has 1 aromatic carbocycles. The van der Waals surface area contributed by atoms with E-state index >= 15 is 0 Å². The minimum atomic E-state index is -0.701. The molecule has 3 aliphatic heterocycles. The second-order valence-corrected chi connectivity index (χ2v) is 7.84. The predicted molar refractivity (Wildman–Crippen MR) is 99.9 cm³/mol. The van der Waals surface area contributed by atoms with Crippen molar-refractivity contribution in [1.82, 2.24) is 9.88 Å². The standard InChI is InChI=1S/C21H24N2O4/c1-11-14-9-23-8-7-13-12-5-3-4-6-16(12)22-18(13)19(23)20(24)17(14)15(10-27-11)21(25)26-2/h3-6,10-11,14,17,19-20,22,24H,7-9H2,1-2H3/t11-,14?,17?,19?,20+/m1/s1. The maximum Gasteiger partial charge on any atom is 0.337 e. The summed E-state index contributed by atoms with van der Waals surface area (Å²) in [4.78, 5) is 18.2. The van der Waals surface area contributed by atoms with Crippen molar-refractivity contribution in [2.45, 2.75) is 31.6 Å². The van der Waals surface area contributed by atoms with Gasteiger partial charge in [0.2, 0.25) is 0 Å². The van der Waals surface area contributed by atoms with Crippen molar-refractivity contribution in [3.05, 3.63) is 47.4 Å². The van der Waals surface area contributed by atoms with Crippen molar-refractivity contribution in [3.63, 3.8) is 0 Å². The van der Waals surface area contributed by atoms with Crippen LogP contribution >= 0.6 is 0 Å². The molecule has 1 aromatic heterocycles. The Bertz CT molecular complexity index is 933. The third kappa shape index (κ3) is 2.36. The zero-order chi connectivity index (χ0) is 18.7. The number of nitrogens with zero attached hydrogens (tertiary/aromatic N) is 1. The quantitative estimate of drug-likeness (QED) is 0.755. The molecule has 6 heteroatoms. The fourth-order valence-corrected chi connectivity index (χ4v) is 5.26. The molecule has 0 radical (unpaired) electrons. The van der Waals surface area contributed by atoms with Crippen molar-refractivity contribution >= 4 is 16.9 Å². The van der Waals surface area contributed by atoms with Gasteiger partial charge in [-0.3, -0.25) is 4.90 Å². The smallest absolute Gasteiger partial charge is 0.337 e. The summed E-state index contributed by atoms with van der Waals surface area (Å²) in [5.74, 6) is -0.654. The lowest BCUT2D eigenvalue weighted by Gasteiger charge is -2.51. The highest BCUT2D eigenvalue weighted by molar-refractivity contribution is 5.89. The molecule has 3 unspecified atom stereocenters. The number of hydrogen-bond acceptors (Lipinski definition) is 5. The first-order valence-electron chi connectivity index (χ1n) is 9.55. The molecule has 0 amide bonds. The fraction of sp³-hybridized carbons (Fsp3) is 0.476. The Morgan fingerprint density at radius 1 is 1.37 bits per heavy atom. The Hall–Kier alpha value is -2.31. The number of aliphatic hydroxyl groups excluding tert-OH is 1. The van der Waals surface area contributed by atoms with Crippen LogP contribution in [0.25, 0.3) is 10.9 Å². The Labute approximate surface area is 157 Å². The van der Waals surface area contributed by atoms with E-state index in [1.807, 2.05) is 13.0 Å². The number of hydrogen-bond donors (Lipinski definition) is 2. The number of carbonyl (C=O) groups excluding carboxylic acids is 1. The zero-order valence-electron chi connectivity index (χ0n) is 15.5. The molecule has 5 atom stereocenters. The number of methoxy groups -OCH3 is 1. The van der Waals surface area contributed by atoms with Crippen LogP contribution in [0.5, 0.6) is 0 Å². The number of para-hydroxylation sites is 1. The highest BCUT2D eigenvalue weighted by atomic mass is 16.5. The highest BCUT2D eigenvalue weighted by Gasteiger charge is 2.52. The van der Waals surface area contributed by atoms with Gasteiger partial charge in [-0.2, -0.15) is 0 Å². The predicted octanol–water partition coefficient (Wildman–Crippen LogP) is 2.15. The maximum absolute atomic E-state index is 12.3. The molecule has 1 fully saturated rings. The second-order valence-electron chi connectivity index (χ2n) is 7.84. The van der Waals surface area contributed by atoms with Gasteiger partial charge in [-0.1, -0.05) is 18.2 Å². The number of esters is 1. The molecule has 5 rings (SSSR count). The van der Waals surface area contributed by atoms with Gasteiger partial charge in [0, 0.05) is 41.5 Å². The summed E-state index contributed by atoms with van der Waals surface area (Å²) < 4.78 is 10.7. The number of benzene rings is 1. The number of aromatic amines is 1. The van der Waals surface area contributed by atoms with Crippen molar-refractivity contribution in [2.75, 3.05) is 20.2 Å². The molecule has 0 spiro atoms. The summed E-state index contributed by atoms with van der Waals surface area (Å²) >= 11 is 0. The van der Waals surface area contributed by atoms with E-state index in [0.717, 1.165) is 30.7 Å². The highest BCUT2D eigenvalue weighted by Crippen LogP contribution is 2.47. The van der Waals surface area contributed by atoms with Crippen LogP contribution < -0.4 is 0 Å². The molecule has 2 aromatic rings. The second kappa shape index (κ2) is 6.11. The lowest BCUT2D eigenvalue weighted by atomic mass is 9.70. The Kier molecular flexibility index (Phi) is 3.81. The average Bonchev–Trinajstić information content (AvgIpc) is 3.06. The minimum absolute atomic E-state index is 0.0527. The number of piperidine rings is 1. The summed E-state index contributed by atoms with van der Waals surface area (Å²) in [6.07, 6.45) is 1.69. The molecule has 0 aliphatic carbocycles. The van der Waals surface area contributed by atoms with Crippen LogP contribution in [0.3, 0.4) is 0 Å². The average molecular weight is 368 g/mol. The third-order valence-corrected chi connectivity index (χ3v) is 6.58. The van der Waals surface area contributed by atoms with Gasteiger partial charge in [0.05, 0.1) is 37.2 Å². The van der Waals surface area contributed by atoms with Gasteiger partial charge in [0.15, 0.2) is 0 Å². The molecule has 4 heterocycles. The molecule has 142 valence electrons. The van der Waals surface area contributed by atoms with E-state index in [0.29, 0.717) is 5.57 Å². The van der Waals surface area contributed by atoms with Crippen LogP contribution in [0.4, 0.5) is 0 Å². The molecule has 3 aliphatic rings. The van der Waals surface area contributed by atoms with E-state index in [-0.39, 0.29) is 24.0 Å². The number of aliphatic hydroxyl groups is 1. The largest absolute Gasteiger partial charge is 0.497 e. The molecule has 6 nitrogen and oxygen atoms in total. The topological polar surface area (TPSA) is 74.8 Å². The van der Waals surface area contributed by atoms with Crippen LogP contribution in [-0.4, -0.2) is 53.4 Å². The molecule has 27 heavy (non-hydrogen) atoms. The third-order valence-electron chi connectivity index (χ3n) is 6.58. The van der Waals surface area contributed by atoms with Crippen molar-refractivity contribution in [2.24, 2.45) is 11.8 Å². The molecule has 0 bridgehead atoms. The van der Waals surface area contributed by atoms with Crippen LogP contribution in [0.2, 0.25) is 0 Å². The first-order chi connectivity index (χ1) is 13.1. The van der Waals surface area contributed by atoms with Gasteiger partial charge in [-0.25, -0.2) is 4.79 Å². The summed E-state index contributed by atoms with van der Waals surface area (Å²) in [5.41, 5.74) is 3.91. The van der Waals surface area contributed by atoms with Gasteiger partial charge in [0.25, 0.3) is 0 Å². The number of fused-ring (bicyclic) bond motifs is 6. The first kappa shape index (κ1) is 16.8. The first-order valence-corrected chi connectivity index (χ1v) is 9.55. The molecule has 2 N–H and O–H groups in total. The number of H-pyrrole nitrogens is 1. The SMILES string of the molecule is COC(=O)C1=CO[C@H](C)C2CN3CCc4c([nH]c5ccccc45)C3[C@@H](O)C12. The zero-order valence-corrected chi connectivity index (χ0v) is 15.5. The summed E-state index contributed by atoms with van der Waals surface area (Å²) in [6, 6.07) is 8.13. The normalized spacial score (nSPS) is 32.7. The van der Waals surface area contributed by atoms with Gasteiger partial charge in [0.1, 0.15) is 0 Å². The number of carbonyl (C=O) groups is 1. The van der Waals surface area contributed by atoms with Crippen molar-refractivity contribution in [1.29, 1.82) is 0 Å². The fourth-order valence-electron chi connectivity index (χ4n) is 5.26. The van der Waals surface area contributed by atoms with E-state index < -0.39 is 12.1 Å². The van der Waals surface area contributed by atoms with Crippen LogP contribution in [0.15, 0.2) is 36.1 Å². The van der Waals surface area contributed by atoms with Gasteiger partial charge >= 0.3 is 5.97 Å². The molecule has 0 saturated carbocycles. The van der Waals surface area contributed by atoms with E-state index in [9.17, 15) is 9.90 Å². The van der Waals surface area contributed by atoms with E-state index in [1.54, 1.807) is 0 Å². The van der Waals surface area contributed by atoms with Crippen molar-refractivity contribution in [3.8, 4) is 0 Å². The molecular weight excluding hydrogens is 344 g/mol. The maximum atomic E-state index is 12.3. The van der Waals surface area contributed by atoms with E-state index in [1.165, 1.54) is 24.3 Å². The lowest BCUT2D eigenvalue weighted by Crippen LogP contribution is -2.58. The Morgan fingerprint density at radius 3 is 3.00 bits per heavy atom. The Balaban J connectivity index is 1.60. The minimum Gasteiger partial charge on any atom is -0.497 e. The van der Waals surface area contributed by atoms with Crippen LogP contribution in [0.1, 0.15) is 24.2 Å². The molecule has 1 saturated heterocycles.